The highest BCUT2D eigenvalue weighted by atomic mass is 16.3. The second-order valence-corrected chi connectivity index (χ2v) is 5.16. The Morgan fingerprint density at radius 2 is 1.81 bits per heavy atom. The van der Waals surface area contributed by atoms with Crippen molar-refractivity contribution in [3.8, 4) is 0 Å². The average molecular weight is 226 g/mol. The molecule has 4 heteroatoms. The number of β-amino-alcohol motifs (C(OH)–C–C–N with tert-alkyl or cyclic N) is 1. The van der Waals surface area contributed by atoms with Crippen molar-refractivity contribution in [1.82, 2.24) is 9.80 Å². The first-order valence-corrected chi connectivity index (χ1v) is 6.41. The Kier molecular flexibility index (Phi) is 3.38. The zero-order valence-corrected chi connectivity index (χ0v) is 10.1. The van der Waals surface area contributed by atoms with E-state index in [0.29, 0.717) is 13.1 Å². The lowest BCUT2D eigenvalue weighted by molar-refractivity contribution is -0.0868. The van der Waals surface area contributed by atoms with E-state index in [1.807, 2.05) is 4.90 Å². The normalized spacial score (nSPS) is 24.1. The maximum Gasteiger partial charge on any atom is 0.320 e. The summed E-state index contributed by atoms with van der Waals surface area (Å²) in [6.45, 7) is 4.89. The predicted molar refractivity (Wildman–Crippen MR) is 62.3 cm³/mol. The molecule has 2 fully saturated rings. The van der Waals surface area contributed by atoms with Crippen molar-refractivity contribution in [1.29, 1.82) is 0 Å². The van der Waals surface area contributed by atoms with Crippen LogP contribution < -0.4 is 0 Å². The van der Waals surface area contributed by atoms with Gasteiger partial charge in [-0.2, -0.15) is 0 Å². The highest BCUT2D eigenvalue weighted by Crippen LogP contribution is 2.27. The van der Waals surface area contributed by atoms with Gasteiger partial charge in [-0.3, -0.25) is 0 Å². The lowest BCUT2D eigenvalue weighted by Crippen LogP contribution is -2.65. The second kappa shape index (κ2) is 4.62. The van der Waals surface area contributed by atoms with E-state index in [-0.39, 0.29) is 6.03 Å². The van der Waals surface area contributed by atoms with E-state index in [2.05, 4.69) is 6.92 Å². The summed E-state index contributed by atoms with van der Waals surface area (Å²) in [5, 5.41) is 10.0. The van der Waals surface area contributed by atoms with Gasteiger partial charge >= 0.3 is 6.03 Å². The van der Waals surface area contributed by atoms with Crippen LogP contribution in [0.5, 0.6) is 0 Å². The number of urea groups is 1. The van der Waals surface area contributed by atoms with Gasteiger partial charge in [-0.1, -0.05) is 13.3 Å². The monoisotopic (exact) mass is 226 g/mol. The number of likely N-dealkylation sites (tertiary alicyclic amines) is 2. The summed E-state index contributed by atoms with van der Waals surface area (Å²) in [5.41, 5.74) is -0.597. The number of amides is 2. The fourth-order valence-electron chi connectivity index (χ4n) is 2.71. The Hall–Kier alpha value is -0.770. The molecule has 0 aromatic rings. The lowest BCUT2D eigenvalue weighted by atomic mass is 9.89. The van der Waals surface area contributed by atoms with Gasteiger partial charge in [0.2, 0.25) is 0 Å². The molecule has 0 aromatic carbocycles. The minimum absolute atomic E-state index is 0.125. The molecule has 2 aliphatic rings. The van der Waals surface area contributed by atoms with Gasteiger partial charge in [0.25, 0.3) is 0 Å². The Morgan fingerprint density at radius 1 is 1.19 bits per heavy atom. The van der Waals surface area contributed by atoms with E-state index in [9.17, 15) is 9.90 Å². The third kappa shape index (κ3) is 2.32. The summed E-state index contributed by atoms with van der Waals surface area (Å²) in [4.78, 5) is 15.7. The summed E-state index contributed by atoms with van der Waals surface area (Å²) < 4.78 is 0. The molecule has 1 N–H and O–H groups in total. The summed E-state index contributed by atoms with van der Waals surface area (Å²) in [7, 11) is 0. The van der Waals surface area contributed by atoms with Crippen LogP contribution in [-0.2, 0) is 0 Å². The third-order valence-corrected chi connectivity index (χ3v) is 3.58. The standard InChI is InChI=1S/C12H22N2O2/c1-2-6-12(16)9-14(10-12)11(15)13-7-4-3-5-8-13/h16H,2-10H2,1H3. The summed E-state index contributed by atoms with van der Waals surface area (Å²) >= 11 is 0. The summed E-state index contributed by atoms with van der Waals surface area (Å²) in [5.74, 6) is 0. The van der Waals surface area contributed by atoms with Crippen molar-refractivity contribution in [2.75, 3.05) is 26.2 Å². The number of hydrogen-bond donors (Lipinski definition) is 1. The van der Waals surface area contributed by atoms with Crippen LogP contribution in [0.1, 0.15) is 39.0 Å². The molecule has 2 saturated heterocycles. The minimum Gasteiger partial charge on any atom is -0.386 e. The zero-order chi connectivity index (χ0) is 11.6. The largest absolute Gasteiger partial charge is 0.386 e. The van der Waals surface area contributed by atoms with Crippen molar-refractivity contribution >= 4 is 6.03 Å². The predicted octanol–water partition coefficient (Wildman–Crippen LogP) is 1.44. The second-order valence-electron chi connectivity index (χ2n) is 5.16. The van der Waals surface area contributed by atoms with Crippen LogP contribution in [0.4, 0.5) is 4.79 Å². The highest BCUT2D eigenvalue weighted by Gasteiger charge is 2.43. The first kappa shape index (κ1) is 11.7. The molecule has 92 valence electrons. The van der Waals surface area contributed by atoms with Crippen LogP contribution >= 0.6 is 0 Å². The zero-order valence-electron chi connectivity index (χ0n) is 10.1. The van der Waals surface area contributed by atoms with Crippen LogP contribution in [0.25, 0.3) is 0 Å². The van der Waals surface area contributed by atoms with E-state index in [1.165, 1.54) is 6.42 Å². The summed E-state index contributed by atoms with van der Waals surface area (Å²) in [6, 6.07) is 0.125. The molecule has 16 heavy (non-hydrogen) atoms. The van der Waals surface area contributed by atoms with Gasteiger partial charge in [0.1, 0.15) is 0 Å². The minimum atomic E-state index is -0.597. The molecule has 0 saturated carbocycles. The van der Waals surface area contributed by atoms with Crippen LogP contribution in [0.2, 0.25) is 0 Å². The van der Waals surface area contributed by atoms with E-state index in [0.717, 1.165) is 38.8 Å². The van der Waals surface area contributed by atoms with Crippen molar-refractivity contribution < 1.29 is 9.90 Å². The molecule has 0 aliphatic carbocycles. The Morgan fingerprint density at radius 3 is 2.38 bits per heavy atom. The van der Waals surface area contributed by atoms with Gasteiger partial charge in [-0.15, -0.1) is 0 Å². The fraction of sp³-hybridized carbons (Fsp3) is 0.917. The topological polar surface area (TPSA) is 43.8 Å². The smallest absolute Gasteiger partial charge is 0.320 e. The van der Waals surface area contributed by atoms with E-state index in [1.54, 1.807) is 4.90 Å². The van der Waals surface area contributed by atoms with Crippen LogP contribution in [0.15, 0.2) is 0 Å². The number of aliphatic hydroxyl groups is 1. The summed E-state index contributed by atoms with van der Waals surface area (Å²) in [6.07, 6.45) is 5.26. The lowest BCUT2D eigenvalue weighted by Gasteiger charge is -2.48. The molecule has 0 aromatic heterocycles. The first-order chi connectivity index (χ1) is 7.64. The molecular formula is C12H22N2O2. The van der Waals surface area contributed by atoms with Crippen LogP contribution in [0.3, 0.4) is 0 Å². The molecule has 0 unspecified atom stereocenters. The van der Waals surface area contributed by atoms with Crippen molar-refractivity contribution in [2.24, 2.45) is 0 Å². The highest BCUT2D eigenvalue weighted by molar-refractivity contribution is 5.75. The van der Waals surface area contributed by atoms with Gasteiger partial charge in [0.15, 0.2) is 0 Å². The Balaban J connectivity index is 1.80. The molecule has 2 rings (SSSR count). The molecule has 0 bridgehead atoms. The molecule has 0 spiro atoms. The molecule has 2 amide bonds. The third-order valence-electron chi connectivity index (χ3n) is 3.58. The first-order valence-electron chi connectivity index (χ1n) is 6.41. The molecule has 4 nitrogen and oxygen atoms in total. The molecular weight excluding hydrogens is 204 g/mol. The van der Waals surface area contributed by atoms with Crippen molar-refractivity contribution in [3.05, 3.63) is 0 Å². The fourth-order valence-corrected chi connectivity index (χ4v) is 2.71. The average Bonchev–Trinajstić information content (AvgIpc) is 2.26. The molecule has 0 radical (unpaired) electrons. The van der Waals surface area contributed by atoms with Crippen LogP contribution in [-0.4, -0.2) is 52.7 Å². The number of carbonyl (C=O) groups is 1. The van der Waals surface area contributed by atoms with Gasteiger partial charge in [0, 0.05) is 13.1 Å². The Bertz CT molecular complexity index is 256. The molecule has 2 heterocycles. The van der Waals surface area contributed by atoms with E-state index in [4.69, 9.17) is 0 Å². The quantitative estimate of drug-likeness (QED) is 0.774. The maximum absolute atomic E-state index is 12.0. The number of hydrogen-bond acceptors (Lipinski definition) is 2. The Labute approximate surface area is 97.2 Å². The SMILES string of the molecule is CCCC1(O)CN(C(=O)N2CCCCC2)C1. The van der Waals surface area contributed by atoms with Crippen LogP contribution in [0, 0.1) is 0 Å². The maximum atomic E-state index is 12.0. The van der Waals surface area contributed by atoms with Gasteiger partial charge < -0.3 is 14.9 Å². The van der Waals surface area contributed by atoms with E-state index >= 15 is 0 Å². The number of rotatable bonds is 2. The van der Waals surface area contributed by atoms with Crippen molar-refractivity contribution in [3.63, 3.8) is 0 Å². The number of nitrogens with zero attached hydrogens (tertiary/aromatic N) is 2. The van der Waals surface area contributed by atoms with Crippen molar-refractivity contribution in [2.45, 2.75) is 44.6 Å². The molecule has 2 aliphatic heterocycles. The van der Waals surface area contributed by atoms with Gasteiger partial charge in [-0.25, -0.2) is 4.79 Å². The van der Waals surface area contributed by atoms with Gasteiger partial charge in [0.05, 0.1) is 18.7 Å². The van der Waals surface area contributed by atoms with Gasteiger partial charge in [-0.05, 0) is 25.7 Å². The van der Waals surface area contributed by atoms with E-state index < -0.39 is 5.60 Å². The molecule has 0 atom stereocenters. The number of piperidine rings is 1. The number of carbonyl (C=O) groups excluding carboxylic acids is 1.